The lowest BCUT2D eigenvalue weighted by Crippen LogP contribution is -2.24. The van der Waals surface area contributed by atoms with Gasteiger partial charge in [-0.15, -0.1) is 11.3 Å². The van der Waals surface area contributed by atoms with Gasteiger partial charge in [-0.3, -0.25) is 4.98 Å². The normalized spacial score (nSPS) is 15.7. The Morgan fingerprint density at radius 2 is 1.78 bits per heavy atom. The number of fused-ring (bicyclic) bond motifs is 3. The van der Waals surface area contributed by atoms with Crippen molar-refractivity contribution >= 4 is 59.3 Å². The fraction of sp³-hybridized carbons (Fsp3) is 0.229. The summed E-state index contributed by atoms with van der Waals surface area (Å²) in [6.45, 7) is 8.58. The molecule has 1 aliphatic rings. The van der Waals surface area contributed by atoms with Crippen molar-refractivity contribution in [2.45, 2.75) is 40.0 Å². The Kier molecular flexibility index (Phi) is 5.34. The summed E-state index contributed by atoms with van der Waals surface area (Å²) >= 11 is 3.38. The molecule has 0 atom stereocenters. The van der Waals surface area contributed by atoms with Crippen molar-refractivity contribution in [1.29, 1.82) is 0 Å². The number of hydrogen-bond acceptors (Lipinski definition) is 6. The average Bonchev–Trinajstić information content (AvgIpc) is 3.67. The number of pyridine rings is 1. The lowest BCUT2D eigenvalue weighted by Gasteiger charge is -2.21. The number of hydrogen-bond donors (Lipinski definition) is 0. The van der Waals surface area contributed by atoms with E-state index in [9.17, 15) is 0 Å². The lowest BCUT2D eigenvalue weighted by atomic mass is 9.86. The highest BCUT2D eigenvalue weighted by molar-refractivity contribution is 7.21. The highest BCUT2D eigenvalue weighted by atomic mass is 32.1. The molecule has 0 radical (unpaired) electrons. The van der Waals surface area contributed by atoms with E-state index in [1.54, 1.807) is 22.7 Å². The van der Waals surface area contributed by atoms with E-state index in [-0.39, 0.29) is 12.1 Å². The third kappa shape index (κ3) is 4.55. The minimum absolute atomic E-state index is 0.00170. The standard InChI is InChI=1S/C35H33N3OS2/c1-21-22(2)38(20-37(21)6)26-8-7-9-27(17-26)39-33-19-29-32(41-33)15-24-14-23-11-13-40-31(23)18-28(24)34(29)30-16-25(10-12-36-30)35(3,4)5/h7-19H,20H2,1-6H3/i6D3. The maximum absolute atomic E-state index is 7.92. The van der Waals surface area contributed by atoms with Gasteiger partial charge in [-0.2, -0.15) is 0 Å². The number of benzene rings is 3. The first-order valence-corrected chi connectivity index (χ1v) is 15.4. The van der Waals surface area contributed by atoms with Crippen LogP contribution in [0, 0.1) is 0 Å². The summed E-state index contributed by atoms with van der Waals surface area (Å²) in [5.74, 6) is 0.700. The van der Waals surface area contributed by atoms with Crippen LogP contribution in [0.1, 0.15) is 44.3 Å². The molecular formula is C35H33N3OS2. The number of aromatic nitrogens is 1. The second kappa shape index (κ2) is 9.61. The van der Waals surface area contributed by atoms with Crippen molar-refractivity contribution in [3.63, 3.8) is 0 Å². The fourth-order valence-corrected chi connectivity index (χ4v) is 7.34. The molecule has 0 spiro atoms. The maximum Gasteiger partial charge on any atom is 0.182 e. The highest BCUT2D eigenvalue weighted by Gasteiger charge is 2.23. The zero-order chi connectivity index (χ0) is 31.0. The Labute approximate surface area is 253 Å². The van der Waals surface area contributed by atoms with Crippen LogP contribution < -0.4 is 9.64 Å². The molecule has 1 aliphatic heterocycles. The molecule has 0 N–H and O–H groups in total. The smallest absolute Gasteiger partial charge is 0.182 e. The van der Waals surface area contributed by atoms with Crippen molar-refractivity contribution < 1.29 is 8.85 Å². The van der Waals surface area contributed by atoms with E-state index in [1.807, 2.05) is 49.2 Å². The van der Waals surface area contributed by atoms with E-state index in [0.29, 0.717) is 5.75 Å². The fourth-order valence-electron chi connectivity index (χ4n) is 5.54. The molecule has 0 unspecified atom stereocenters. The van der Waals surface area contributed by atoms with E-state index in [4.69, 9.17) is 13.8 Å². The van der Waals surface area contributed by atoms with Crippen LogP contribution in [0.25, 0.3) is 42.2 Å². The molecule has 0 bridgehead atoms. The SMILES string of the molecule is [2H]C([2H])([2H])N1CN(c2cccc(Oc3cc4c(-c5cc(C(C)(C)C)ccn5)c5cc6sccc6cc5cc4s3)c2)C(C)=C1C. The van der Waals surface area contributed by atoms with Gasteiger partial charge < -0.3 is 14.5 Å². The first-order valence-electron chi connectivity index (χ1n) is 15.2. The van der Waals surface area contributed by atoms with E-state index in [2.05, 4.69) is 68.6 Å². The van der Waals surface area contributed by atoms with Crippen LogP contribution in [0.3, 0.4) is 0 Å². The van der Waals surface area contributed by atoms with Crippen molar-refractivity contribution in [1.82, 2.24) is 9.88 Å². The monoisotopic (exact) mass is 578 g/mol. The van der Waals surface area contributed by atoms with Crippen LogP contribution in [0.15, 0.2) is 89.7 Å². The molecule has 3 aromatic heterocycles. The van der Waals surface area contributed by atoms with Crippen LogP contribution in [0.4, 0.5) is 5.69 Å². The third-order valence-electron chi connectivity index (χ3n) is 8.03. The van der Waals surface area contributed by atoms with Gasteiger partial charge in [-0.05, 0) is 94.9 Å². The van der Waals surface area contributed by atoms with Crippen LogP contribution in [-0.2, 0) is 5.41 Å². The molecule has 0 fully saturated rings. The van der Waals surface area contributed by atoms with Gasteiger partial charge in [-0.1, -0.05) is 38.2 Å². The summed E-state index contributed by atoms with van der Waals surface area (Å²) in [7, 11) is 0. The summed E-state index contributed by atoms with van der Waals surface area (Å²) in [6, 6.07) is 23.3. The molecule has 206 valence electrons. The van der Waals surface area contributed by atoms with Gasteiger partial charge in [0.05, 0.1) is 12.4 Å². The summed E-state index contributed by atoms with van der Waals surface area (Å²) in [5.41, 5.74) is 5.88. The van der Waals surface area contributed by atoms with Gasteiger partial charge in [0, 0.05) is 66.8 Å². The Balaban J connectivity index is 1.32. The van der Waals surface area contributed by atoms with Crippen molar-refractivity contribution in [3.05, 3.63) is 95.3 Å². The number of thiophene rings is 2. The Bertz CT molecular complexity index is 2100. The quantitative estimate of drug-likeness (QED) is 0.208. The molecule has 4 heterocycles. The number of allylic oxidation sites excluding steroid dienone is 2. The number of rotatable bonds is 4. The Morgan fingerprint density at radius 1 is 0.902 bits per heavy atom. The van der Waals surface area contributed by atoms with Crippen molar-refractivity contribution in [2.75, 3.05) is 18.5 Å². The van der Waals surface area contributed by atoms with Crippen molar-refractivity contribution in [2.24, 2.45) is 0 Å². The first-order chi connectivity index (χ1) is 20.9. The molecule has 41 heavy (non-hydrogen) atoms. The number of ether oxygens (including phenoxy) is 1. The van der Waals surface area contributed by atoms with E-state index in [0.717, 1.165) is 43.5 Å². The van der Waals surface area contributed by atoms with Gasteiger partial charge in [0.1, 0.15) is 5.75 Å². The van der Waals surface area contributed by atoms with Crippen LogP contribution >= 0.6 is 22.7 Å². The predicted molar refractivity (Wildman–Crippen MR) is 177 cm³/mol. The van der Waals surface area contributed by atoms with Gasteiger partial charge in [0.2, 0.25) is 0 Å². The second-order valence-corrected chi connectivity index (χ2v) is 13.7. The molecule has 4 nitrogen and oxygen atoms in total. The highest BCUT2D eigenvalue weighted by Crippen LogP contribution is 2.45. The van der Waals surface area contributed by atoms with E-state index >= 15 is 0 Å². The molecule has 3 aromatic carbocycles. The van der Waals surface area contributed by atoms with Crippen molar-refractivity contribution in [3.8, 4) is 22.1 Å². The van der Waals surface area contributed by atoms with E-state index in [1.165, 1.54) is 31.3 Å². The first kappa shape index (κ1) is 22.8. The number of anilines is 1. The molecule has 7 rings (SSSR count). The van der Waals surface area contributed by atoms with Gasteiger partial charge >= 0.3 is 0 Å². The maximum atomic E-state index is 7.92. The zero-order valence-electron chi connectivity index (χ0n) is 26.8. The molecule has 0 saturated heterocycles. The molecule has 6 aromatic rings. The van der Waals surface area contributed by atoms with Gasteiger partial charge in [0.25, 0.3) is 0 Å². The summed E-state index contributed by atoms with van der Waals surface area (Å²) in [6.07, 6.45) is 1.92. The summed E-state index contributed by atoms with van der Waals surface area (Å²) in [4.78, 5) is 8.37. The topological polar surface area (TPSA) is 28.6 Å². The summed E-state index contributed by atoms with van der Waals surface area (Å²) < 4.78 is 32.7. The Morgan fingerprint density at radius 3 is 2.59 bits per heavy atom. The molecule has 0 aliphatic carbocycles. The lowest BCUT2D eigenvalue weighted by molar-refractivity contribution is 0.459. The average molecular weight is 579 g/mol. The minimum Gasteiger partial charge on any atom is -0.447 e. The number of nitrogens with zero attached hydrogens (tertiary/aromatic N) is 3. The molecule has 0 saturated carbocycles. The zero-order valence-corrected chi connectivity index (χ0v) is 25.4. The Hall–Kier alpha value is -3.87. The summed E-state index contributed by atoms with van der Waals surface area (Å²) in [5, 5.41) is 7.66. The van der Waals surface area contributed by atoms with Gasteiger partial charge in [0.15, 0.2) is 5.06 Å². The van der Waals surface area contributed by atoms with Gasteiger partial charge in [-0.25, -0.2) is 0 Å². The largest absolute Gasteiger partial charge is 0.447 e. The molecule has 6 heteroatoms. The minimum atomic E-state index is -2.19. The second-order valence-electron chi connectivity index (χ2n) is 11.7. The van der Waals surface area contributed by atoms with Crippen LogP contribution in [0.2, 0.25) is 0 Å². The van der Waals surface area contributed by atoms with Crippen LogP contribution in [0.5, 0.6) is 10.8 Å². The van der Waals surface area contributed by atoms with Crippen LogP contribution in [-0.4, -0.2) is 23.5 Å². The molecule has 0 amide bonds. The predicted octanol–water partition coefficient (Wildman–Crippen LogP) is 10.4. The third-order valence-corrected chi connectivity index (χ3v) is 9.87. The van der Waals surface area contributed by atoms with E-state index < -0.39 is 6.98 Å². The molecular weight excluding hydrogens is 543 g/mol.